The molecule has 0 unspecified atom stereocenters. The van der Waals surface area contributed by atoms with E-state index >= 15 is 0 Å². The molecule has 3 heterocycles. The molecule has 4 aromatic rings. The first-order valence-electron chi connectivity index (χ1n) is 10.3. The summed E-state index contributed by atoms with van der Waals surface area (Å²) in [7, 11) is 1.74. The molecule has 162 valence electrons. The lowest BCUT2D eigenvalue weighted by Crippen LogP contribution is -2.35. The number of fused-ring (bicyclic) bond motifs is 3. The molecule has 2 aromatic heterocycles. The number of hydrogen-bond acceptors (Lipinski definition) is 7. The van der Waals surface area contributed by atoms with Crippen LogP contribution in [0.5, 0.6) is 0 Å². The summed E-state index contributed by atoms with van der Waals surface area (Å²) in [6.07, 6.45) is 3.51. The van der Waals surface area contributed by atoms with Crippen LogP contribution in [0.25, 0.3) is 21.8 Å². The Morgan fingerprint density at radius 3 is 2.75 bits per heavy atom. The van der Waals surface area contributed by atoms with Gasteiger partial charge in [0.25, 0.3) is 5.91 Å². The van der Waals surface area contributed by atoms with Crippen molar-refractivity contribution in [1.29, 1.82) is 0 Å². The fourth-order valence-electron chi connectivity index (χ4n) is 4.05. The molecule has 10 heteroatoms. The molecule has 1 aliphatic rings. The largest absolute Gasteiger partial charge is 0.364 e. The normalized spacial score (nSPS) is 15.8. The fourth-order valence-corrected chi connectivity index (χ4v) is 4.05. The summed E-state index contributed by atoms with van der Waals surface area (Å²) in [6, 6.07) is 10.8. The molecule has 0 bridgehead atoms. The molecule has 0 spiro atoms. The van der Waals surface area contributed by atoms with Gasteiger partial charge in [0.2, 0.25) is 11.9 Å². The maximum Gasteiger partial charge on any atom is 0.269 e. The third kappa shape index (κ3) is 3.50. The Balaban J connectivity index is 1.50. The van der Waals surface area contributed by atoms with Crippen molar-refractivity contribution < 1.29 is 9.59 Å². The summed E-state index contributed by atoms with van der Waals surface area (Å²) in [4.78, 5) is 33.4. The zero-order chi connectivity index (χ0) is 22.2. The Morgan fingerprint density at radius 1 is 1.19 bits per heavy atom. The highest BCUT2D eigenvalue weighted by atomic mass is 16.2. The highest BCUT2D eigenvalue weighted by Crippen LogP contribution is 2.28. The Kier molecular flexibility index (Phi) is 4.91. The fraction of sp³-hybridized carbons (Fsp3) is 0.227. The number of nitrogens with two attached hydrogens (primary N) is 1. The van der Waals surface area contributed by atoms with Gasteiger partial charge in [0.05, 0.1) is 22.9 Å². The molecule has 1 atom stereocenters. The predicted octanol–water partition coefficient (Wildman–Crippen LogP) is 2.05. The molecule has 0 saturated carbocycles. The first kappa shape index (κ1) is 19.9. The topological polar surface area (TPSA) is 140 Å². The smallest absolute Gasteiger partial charge is 0.269 e. The van der Waals surface area contributed by atoms with Crippen molar-refractivity contribution in [2.24, 2.45) is 12.8 Å². The van der Waals surface area contributed by atoms with Crippen LogP contribution in [0.3, 0.4) is 0 Å². The number of nitrogens with one attached hydrogen (secondary N) is 3. The molecule has 2 aromatic carbocycles. The first-order chi connectivity index (χ1) is 15.5. The Hall–Kier alpha value is -4.05. The van der Waals surface area contributed by atoms with Gasteiger partial charge in [0.15, 0.2) is 5.69 Å². The third-order valence-electron chi connectivity index (χ3n) is 5.60. The number of amides is 2. The minimum absolute atomic E-state index is 0.0632. The molecule has 0 radical (unpaired) electrons. The van der Waals surface area contributed by atoms with Crippen LogP contribution in [0.1, 0.15) is 23.3 Å². The SMILES string of the molecule is Cn1nc(C(N)=O)c2ccc3cnc(Nc4ccccc4NC(=O)[C@@H]4CCCN4)nc3c21. The van der Waals surface area contributed by atoms with Crippen LogP contribution in [0.2, 0.25) is 0 Å². The molecule has 5 N–H and O–H groups in total. The summed E-state index contributed by atoms with van der Waals surface area (Å²) in [5, 5.41) is 15.1. The van der Waals surface area contributed by atoms with E-state index < -0.39 is 5.91 Å². The van der Waals surface area contributed by atoms with Gasteiger partial charge in [-0.15, -0.1) is 0 Å². The highest BCUT2D eigenvalue weighted by molar-refractivity contribution is 6.11. The second-order valence-electron chi connectivity index (χ2n) is 7.74. The second kappa shape index (κ2) is 7.89. The summed E-state index contributed by atoms with van der Waals surface area (Å²) in [6.45, 7) is 0.850. The number of benzene rings is 2. The van der Waals surface area contributed by atoms with Crippen molar-refractivity contribution in [2.45, 2.75) is 18.9 Å². The lowest BCUT2D eigenvalue weighted by atomic mass is 10.1. The Labute approximate surface area is 183 Å². The zero-order valence-corrected chi connectivity index (χ0v) is 17.4. The summed E-state index contributed by atoms with van der Waals surface area (Å²) >= 11 is 0. The van der Waals surface area contributed by atoms with Crippen molar-refractivity contribution in [3.63, 3.8) is 0 Å². The lowest BCUT2D eigenvalue weighted by molar-refractivity contribution is -0.117. The molecule has 1 saturated heterocycles. The van der Waals surface area contributed by atoms with Crippen LogP contribution < -0.4 is 21.7 Å². The second-order valence-corrected chi connectivity index (χ2v) is 7.74. The quantitative estimate of drug-likeness (QED) is 0.380. The van der Waals surface area contributed by atoms with E-state index in [9.17, 15) is 9.59 Å². The number of primary amides is 1. The molecular formula is C22H22N8O2. The van der Waals surface area contributed by atoms with Crippen molar-refractivity contribution in [3.8, 4) is 0 Å². The van der Waals surface area contributed by atoms with Crippen LogP contribution in [-0.2, 0) is 11.8 Å². The highest BCUT2D eigenvalue weighted by Gasteiger charge is 2.23. The average Bonchev–Trinajstić information content (AvgIpc) is 3.44. The molecular weight excluding hydrogens is 408 g/mol. The zero-order valence-electron chi connectivity index (χ0n) is 17.4. The molecule has 2 amide bonds. The van der Waals surface area contributed by atoms with Gasteiger partial charge < -0.3 is 21.7 Å². The van der Waals surface area contributed by atoms with E-state index in [1.807, 2.05) is 30.3 Å². The van der Waals surface area contributed by atoms with Crippen LogP contribution in [-0.4, -0.2) is 44.1 Å². The van der Waals surface area contributed by atoms with E-state index in [4.69, 9.17) is 5.73 Å². The molecule has 10 nitrogen and oxygen atoms in total. The van der Waals surface area contributed by atoms with E-state index in [1.165, 1.54) is 0 Å². The minimum atomic E-state index is -0.594. The molecule has 32 heavy (non-hydrogen) atoms. The van der Waals surface area contributed by atoms with Crippen LogP contribution >= 0.6 is 0 Å². The maximum atomic E-state index is 12.6. The van der Waals surface area contributed by atoms with Gasteiger partial charge in [-0.2, -0.15) is 5.10 Å². The first-order valence-corrected chi connectivity index (χ1v) is 10.3. The van der Waals surface area contributed by atoms with Crippen molar-refractivity contribution in [2.75, 3.05) is 17.2 Å². The number of para-hydroxylation sites is 2. The van der Waals surface area contributed by atoms with E-state index in [1.54, 1.807) is 24.0 Å². The summed E-state index contributed by atoms with van der Waals surface area (Å²) in [5.41, 5.74) is 8.32. The van der Waals surface area contributed by atoms with E-state index in [2.05, 4.69) is 31.0 Å². The van der Waals surface area contributed by atoms with E-state index in [0.29, 0.717) is 33.7 Å². The van der Waals surface area contributed by atoms with Crippen LogP contribution in [0.15, 0.2) is 42.6 Å². The monoisotopic (exact) mass is 430 g/mol. The van der Waals surface area contributed by atoms with Crippen LogP contribution in [0.4, 0.5) is 17.3 Å². The number of hydrogen-bond donors (Lipinski definition) is 4. The molecule has 5 rings (SSSR count). The van der Waals surface area contributed by atoms with Crippen molar-refractivity contribution in [3.05, 3.63) is 48.3 Å². The average molecular weight is 430 g/mol. The van der Waals surface area contributed by atoms with E-state index in [-0.39, 0.29) is 17.6 Å². The number of aryl methyl sites for hydroxylation is 1. The van der Waals surface area contributed by atoms with Gasteiger partial charge in [-0.3, -0.25) is 14.3 Å². The van der Waals surface area contributed by atoms with Gasteiger partial charge in [-0.1, -0.05) is 18.2 Å². The predicted molar refractivity (Wildman–Crippen MR) is 122 cm³/mol. The van der Waals surface area contributed by atoms with Gasteiger partial charge in [-0.05, 0) is 37.6 Å². The number of rotatable bonds is 5. The van der Waals surface area contributed by atoms with Crippen molar-refractivity contribution >= 4 is 50.9 Å². The number of aromatic nitrogens is 4. The van der Waals surface area contributed by atoms with Gasteiger partial charge >= 0.3 is 0 Å². The van der Waals surface area contributed by atoms with Crippen molar-refractivity contribution in [1.82, 2.24) is 25.1 Å². The Bertz CT molecular complexity index is 1360. The number of carbonyl (C=O) groups is 2. The molecule has 0 aliphatic carbocycles. The van der Waals surface area contributed by atoms with Gasteiger partial charge in [0.1, 0.15) is 5.52 Å². The number of nitrogens with zero attached hydrogens (tertiary/aromatic N) is 4. The summed E-state index contributed by atoms with van der Waals surface area (Å²) < 4.78 is 1.59. The van der Waals surface area contributed by atoms with Crippen LogP contribution in [0, 0.1) is 0 Å². The molecule has 1 fully saturated rings. The summed E-state index contributed by atoms with van der Waals surface area (Å²) in [5.74, 6) is -0.303. The lowest BCUT2D eigenvalue weighted by Gasteiger charge is -2.15. The van der Waals surface area contributed by atoms with Gasteiger partial charge in [0, 0.05) is 24.0 Å². The minimum Gasteiger partial charge on any atom is -0.364 e. The standard InChI is InChI=1S/C22H22N8O2/c1-30-19-13(18(29-30)20(23)31)9-8-12-11-25-22(28-17(12)19)27-15-6-3-2-5-14(15)26-21(32)16-7-4-10-24-16/h2-3,5-6,8-9,11,16,24H,4,7,10H2,1H3,(H2,23,31)(H,26,32)(H,25,27,28)/t16-/m0/s1. The number of anilines is 3. The van der Waals surface area contributed by atoms with Gasteiger partial charge in [-0.25, -0.2) is 9.97 Å². The molecule has 1 aliphatic heterocycles. The third-order valence-corrected chi connectivity index (χ3v) is 5.60. The Morgan fingerprint density at radius 2 is 2.00 bits per heavy atom. The van der Waals surface area contributed by atoms with E-state index in [0.717, 1.165) is 24.8 Å². The maximum absolute atomic E-state index is 12.6. The number of carbonyl (C=O) groups excluding carboxylic acids is 2.